The zero-order chi connectivity index (χ0) is 13.2. The van der Waals surface area contributed by atoms with Crippen LogP contribution in [0.5, 0.6) is 0 Å². The van der Waals surface area contributed by atoms with Crippen molar-refractivity contribution in [1.29, 1.82) is 0 Å². The summed E-state index contributed by atoms with van der Waals surface area (Å²) in [5.74, 6) is -0.947. The smallest absolute Gasteiger partial charge is 0.324 e. The van der Waals surface area contributed by atoms with E-state index in [2.05, 4.69) is 0 Å². The molecular formula is C10H10ClF6N. The van der Waals surface area contributed by atoms with Crippen LogP contribution in [0.25, 0.3) is 0 Å². The molecule has 0 fully saturated rings. The van der Waals surface area contributed by atoms with Crippen molar-refractivity contribution in [2.45, 2.75) is 25.1 Å². The topological polar surface area (TPSA) is 26.0 Å². The Labute approximate surface area is 105 Å². The van der Waals surface area contributed by atoms with Gasteiger partial charge in [-0.1, -0.05) is 0 Å². The van der Waals surface area contributed by atoms with Crippen molar-refractivity contribution in [3.8, 4) is 0 Å². The van der Waals surface area contributed by atoms with Gasteiger partial charge in [0, 0.05) is 12.5 Å². The number of nitrogens with two attached hydrogens (primary N) is 1. The molecule has 0 heterocycles. The molecule has 0 aliphatic carbocycles. The van der Waals surface area contributed by atoms with Gasteiger partial charge in [-0.25, -0.2) is 13.2 Å². The Morgan fingerprint density at radius 3 is 2.17 bits per heavy atom. The van der Waals surface area contributed by atoms with E-state index in [1.807, 2.05) is 0 Å². The first-order valence-corrected chi connectivity index (χ1v) is 4.62. The van der Waals surface area contributed by atoms with E-state index in [1.165, 1.54) is 0 Å². The second kappa shape index (κ2) is 6.29. The van der Waals surface area contributed by atoms with Crippen LogP contribution >= 0.6 is 12.4 Å². The molecule has 2 N–H and O–H groups in total. The van der Waals surface area contributed by atoms with Crippen molar-refractivity contribution in [3.63, 3.8) is 0 Å². The highest BCUT2D eigenvalue weighted by Crippen LogP contribution is 2.35. The fourth-order valence-electron chi connectivity index (χ4n) is 1.42. The van der Waals surface area contributed by atoms with E-state index >= 15 is 0 Å². The Hall–Kier alpha value is -0.950. The third kappa shape index (κ3) is 4.38. The number of rotatable bonds is 3. The summed E-state index contributed by atoms with van der Waals surface area (Å²) in [5.41, 5.74) is 3.37. The maximum absolute atomic E-state index is 12.8. The molecule has 0 saturated carbocycles. The summed E-state index contributed by atoms with van der Waals surface area (Å²) in [6.45, 7) is 0. The van der Waals surface area contributed by atoms with E-state index in [-0.39, 0.29) is 12.4 Å². The molecule has 1 nitrogen and oxygen atoms in total. The second-order valence-electron chi connectivity index (χ2n) is 3.46. The summed E-state index contributed by atoms with van der Waals surface area (Å²) in [7, 11) is 0. The first-order valence-electron chi connectivity index (χ1n) is 4.62. The van der Waals surface area contributed by atoms with Gasteiger partial charge in [-0.05, 0) is 23.8 Å². The first-order chi connectivity index (χ1) is 7.71. The van der Waals surface area contributed by atoms with E-state index in [1.54, 1.807) is 0 Å². The normalized spacial score (nSPS) is 13.3. The molecule has 0 saturated heterocycles. The molecule has 0 amide bonds. The highest BCUT2D eigenvalue weighted by atomic mass is 35.5. The van der Waals surface area contributed by atoms with E-state index in [4.69, 9.17) is 5.73 Å². The third-order valence-electron chi connectivity index (χ3n) is 2.15. The highest BCUT2D eigenvalue weighted by molar-refractivity contribution is 5.85. The summed E-state index contributed by atoms with van der Waals surface area (Å²) in [4.78, 5) is 0. The van der Waals surface area contributed by atoms with Crippen LogP contribution in [0.4, 0.5) is 26.3 Å². The van der Waals surface area contributed by atoms with Gasteiger partial charge in [0.15, 0.2) is 0 Å². The van der Waals surface area contributed by atoms with Crippen LogP contribution in [-0.4, -0.2) is 6.43 Å². The van der Waals surface area contributed by atoms with Gasteiger partial charge in [-0.2, -0.15) is 13.2 Å². The van der Waals surface area contributed by atoms with Crippen molar-refractivity contribution in [2.75, 3.05) is 0 Å². The Morgan fingerprint density at radius 2 is 1.72 bits per heavy atom. The van der Waals surface area contributed by atoms with Gasteiger partial charge in [0.1, 0.15) is 5.82 Å². The summed E-state index contributed by atoms with van der Waals surface area (Å²) in [5, 5.41) is 0. The fourth-order valence-corrected chi connectivity index (χ4v) is 1.42. The van der Waals surface area contributed by atoms with Gasteiger partial charge in [0.25, 0.3) is 0 Å². The molecule has 1 aromatic rings. The molecule has 8 heteroatoms. The Balaban J connectivity index is 0.00000289. The molecule has 0 bridgehead atoms. The largest absolute Gasteiger partial charge is 0.416 e. The van der Waals surface area contributed by atoms with Gasteiger partial charge >= 0.3 is 6.18 Å². The Kier molecular flexibility index (Phi) is 5.95. The standard InChI is InChI=1S/C10H9F6N.ClH/c11-5-1-2-7(10(14,15)16)6(3-5)8(17)4-9(12)13;/h1-3,8-9H,4,17H2;1H/t8-;/m1./s1. The molecule has 0 spiro atoms. The van der Waals surface area contributed by atoms with Gasteiger partial charge in [-0.15, -0.1) is 12.4 Å². The van der Waals surface area contributed by atoms with Crippen molar-refractivity contribution < 1.29 is 26.3 Å². The summed E-state index contributed by atoms with van der Waals surface area (Å²) < 4.78 is 74.4. The molecule has 0 aliphatic heterocycles. The van der Waals surface area contributed by atoms with Gasteiger partial charge in [0.05, 0.1) is 5.56 Å². The zero-order valence-corrected chi connectivity index (χ0v) is 9.66. The van der Waals surface area contributed by atoms with E-state index in [0.717, 1.165) is 0 Å². The van der Waals surface area contributed by atoms with Gasteiger partial charge in [0.2, 0.25) is 6.43 Å². The molecule has 18 heavy (non-hydrogen) atoms. The fraction of sp³-hybridized carbons (Fsp3) is 0.400. The molecular weight excluding hydrogens is 284 g/mol. The van der Waals surface area contributed by atoms with Crippen molar-refractivity contribution in [1.82, 2.24) is 0 Å². The average Bonchev–Trinajstić information content (AvgIpc) is 2.14. The lowest BCUT2D eigenvalue weighted by molar-refractivity contribution is -0.138. The number of alkyl halides is 5. The van der Waals surface area contributed by atoms with Crippen molar-refractivity contribution in [3.05, 3.63) is 35.1 Å². The Bertz CT molecular complexity index is 392. The second-order valence-corrected chi connectivity index (χ2v) is 3.46. The third-order valence-corrected chi connectivity index (χ3v) is 2.15. The van der Waals surface area contributed by atoms with Crippen LogP contribution in [0.3, 0.4) is 0 Å². The lowest BCUT2D eigenvalue weighted by Gasteiger charge is -2.18. The average molecular weight is 294 g/mol. The van der Waals surface area contributed by atoms with Gasteiger partial charge < -0.3 is 5.73 Å². The number of halogens is 7. The molecule has 1 aromatic carbocycles. The predicted molar refractivity (Wildman–Crippen MR) is 56.2 cm³/mol. The van der Waals surface area contributed by atoms with Crippen LogP contribution in [-0.2, 0) is 6.18 Å². The summed E-state index contributed by atoms with van der Waals surface area (Å²) >= 11 is 0. The van der Waals surface area contributed by atoms with E-state index < -0.39 is 42.0 Å². The van der Waals surface area contributed by atoms with Gasteiger partial charge in [-0.3, -0.25) is 0 Å². The molecule has 0 radical (unpaired) electrons. The lowest BCUT2D eigenvalue weighted by Crippen LogP contribution is -2.19. The minimum Gasteiger partial charge on any atom is -0.324 e. The molecule has 104 valence electrons. The first kappa shape index (κ1) is 17.1. The number of hydrogen-bond donors (Lipinski definition) is 1. The molecule has 1 atom stereocenters. The number of hydrogen-bond acceptors (Lipinski definition) is 1. The van der Waals surface area contributed by atoms with E-state index in [0.29, 0.717) is 18.2 Å². The highest BCUT2D eigenvalue weighted by Gasteiger charge is 2.35. The summed E-state index contributed by atoms with van der Waals surface area (Å²) in [6.07, 6.45) is -8.55. The van der Waals surface area contributed by atoms with Crippen LogP contribution in [0.1, 0.15) is 23.6 Å². The minimum atomic E-state index is -4.75. The monoisotopic (exact) mass is 293 g/mol. The zero-order valence-electron chi connectivity index (χ0n) is 8.85. The molecule has 0 aliphatic rings. The lowest BCUT2D eigenvalue weighted by atomic mass is 9.98. The molecule has 0 unspecified atom stereocenters. The van der Waals surface area contributed by atoms with Crippen LogP contribution in [0, 0.1) is 5.82 Å². The molecule has 0 aromatic heterocycles. The van der Waals surface area contributed by atoms with Crippen molar-refractivity contribution in [2.24, 2.45) is 5.73 Å². The van der Waals surface area contributed by atoms with Crippen LogP contribution in [0.15, 0.2) is 18.2 Å². The minimum absolute atomic E-state index is 0. The SMILES string of the molecule is Cl.N[C@H](CC(F)F)c1cc(F)ccc1C(F)(F)F. The van der Waals surface area contributed by atoms with E-state index in [9.17, 15) is 26.3 Å². The predicted octanol–water partition coefficient (Wildman–Crippen LogP) is 3.92. The maximum atomic E-state index is 12.8. The maximum Gasteiger partial charge on any atom is 0.416 e. The van der Waals surface area contributed by atoms with Crippen LogP contribution < -0.4 is 5.73 Å². The van der Waals surface area contributed by atoms with Crippen molar-refractivity contribution >= 4 is 12.4 Å². The summed E-state index contributed by atoms with van der Waals surface area (Å²) in [6, 6.07) is 0.0927. The Morgan fingerprint density at radius 1 is 1.17 bits per heavy atom. The quantitative estimate of drug-likeness (QED) is 0.840. The number of benzene rings is 1. The van der Waals surface area contributed by atoms with Crippen LogP contribution in [0.2, 0.25) is 0 Å². The molecule has 1 rings (SSSR count).